The highest BCUT2D eigenvalue weighted by molar-refractivity contribution is 6.13. The maximum absolute atomic E-state index is 14.4. The second-order valence-electron chi connectivity index (χ2n) is 5.85. The van der Waals surface area contributed by atoms with Crippen molar-refractivity contribution in [3.8, 4) is 16.9 Å². The third-order valence-electron chi connectivity index (χ3n) is 4.23. The fourth-order valence-electron chi connectivity index (χ4n) is 2.56. The monoisotopic (exact) mass is 350 g/mol. The van der Waals surface area contributed by atoms with Crippen LogP contribution in [0.25, 0.3) is 11.1 Å². The molecule has 0 aromatic heterocycles. The third-order valence-corrected chi connectivity index (χ3v) is 4.23. The molecule has 25 heavy (non-hydrogen) atoms. The number of amides is 2. The van der Waals surface area contributed by atoms with Crippen molar-refractivity contribution in [3.63, 3.8) is 0 Å². The molecular weight excluding hydrogens is 337 g/mol. The van der Waals surface area contributed by atoms with Crippen molar-refractivity contribution in [3.05, 3.63) is 47.8 Å². The number of carbonyl (C=O) groups excluding carboxylic acids is 2. The number of benzene rings is 2. The summed E-state index contributed by atoms with van der Waals surface area (Å²) in [5.41, 5.74) is 3.36. The molecule has 5 nitrogen and oxygen atoms in total. The number of hydrogen-bond donors (Lipinski definition) is 3. The molecule has 0 spiro atoms. The largest absolute Gasteiger partial charge is 0.505 e. The fourth-order valence-corrected chi connectivity index (χ4v) is 2.56. The van der Waals surface area contributed by atoms with Crippen LogP contribution < -0.4 is 11.1 Å². The normalized spacial score (nSPS) is 14.8. The van der Waals surface area contributed by atoms with Crippen LogP contribution in [0.2, 0.25) is 0 Å². The van der Waals surface area contributed by atoms with E-state index in [9.17, 15) is 27.9 Å². The molecule has 3 rings (SSSR count). The SMILES string of the molecule is NC(=O)C1(C(=O)Nc2ccc(O)c(F)c2-c2ccc(F)c(F)c2)CC1. The molecule has 0 heterocycles. The highest BCUT2D eigenvalue weighted by atomic mass is 19.2. The summed E-state index contributed by atoms with van der Waals surface area (Å²) in [5, 5.41) is 12.0. The van der Waals surface area contributed by atoms with Gasteiger partial charge in [0, 0.05) is 5.56 Å². The van der Waals surface area contributed by atoms with Crippen LogP contribution in [0.4, 0.5) is 18.9 Å². The Morgan fingerprint density at radius 2 is 1.76 bits per heavy atom. The number of nitrogens with one attached hydrogen (secondary N) is 1. The minimum Gasteiger partial charge on any atom is -0.505 e. The van der Waals surface area contributed by atoms with E-state index in [1.54, 1.807) is 0 Å². The Morgan fingerprint density at radius 1 is 1.08 bits per heavy atom. The van der Waals surface area contributed by atoms with Gasteiger partial charge in [-0.1, -0.05) is 6.07 Å². The van der Waals surface area contributed by atoms with E-state index in [4.69, 9.17) is 5.73 Å². The van der Waals surface area contributed by atoms with Crippen molar-refractivity contribution < 1.29 is 27.9 Å². The van der Waals surface area contributed by atoms with Gasteiger partial charge in [0.05, 0.1) is 5.69 Å². The lowest BCUT2D eigenvalue weighted by Crippen LogP contribution is -2.36. The number of halogens is 3. The van der Waals surface area contributed by atoms with Gasteiger partial charge in [0.1, 0.15) is 5.41 Å². The summed E-state index contributed by atoms with van der Waals surface area (Å²) in [4.78, 5) is 23.7. The molecule has 2 aromatic rings. The van der Waals surface area contributed by atoms with E-state index in [0.717, 1.165) is 24.3 Å². The molecule has 4 N–H and O–H groups in total. The molecule has 0 radical (unpaired) electrons. The van der Waals surface area contributed by atoms with Gasteiger partial charge in [-0.05, 0) is 42.7 Å². The number of rotatable bonds is 4. The van der Waals surface area contributed by atoms with Gasteiger partial charge in [0.15, 0.2) is 23.2 Å². The molecule has 8 heteroatoms. The predicted octanol–water partition coefficient (Wildman–Crippen LogP) is 2.68. The summed E-state index contributed by atoms with van der Waals surface area (Å²) in [6, 6.07) is 4.84. The average Bonchev–Trinajstić information content (AvgIpc) is 3.36. The van der Waals surface area contributed by atoms with Crippen LogP contribution >= 0.6 is 0 Å². The Bertz CT molecular complexity index is 895. The zero-order valence-electron chi connectivity index (χ0n) is 12.8. The van der Waals surface area contributed by atoms with E-state index in [-0.39, 0.29) is 29.7 Å². The molecule has 1 fully saturated rings. The first-order chi connectivity index (χ1) is 11.8. The molecular formula is C17H13F3N2O3. The van der Waals surface area contributed by atoms with Gasteiger partial charge < -0.3 is 16.2 Å². The van der Waals surface area contributed by atoms with Crippen molar-refractivity contribution in [2.75, 3.05) is 5.32 Å². The number of aromatic hydroxyl groups is 1. The molecule has 1 aliphatic rings. The standard InChI is InChI=1S/C17H13F3N2O3/c18-9-2-1-8(7-10(9)19)13-11(3-4-12(23)14(13)20)22-16(25)17(5-6-17)15(21)24/h1-4,7,23H,5-6H2,(H2,21,24)(H,22,25). The van der Waals surface area contributed by atoms with Crippen molar-refractivity contribution >= 4 is 17.5 Å². The molecule has 2 aromatic carbocycles. The number of nitrogens with two attached hydrogens (primary N) is 1. The topological polar surface area (TPSA) is 92.4 Å². The highest BCUT2D eigenvalue weighted by Gasteiger charge is 2.55. The summed E-state index contributed by atoms with van der Waals surface area (Å²) in [7, 11) is 0. The van der Waals surface area contributed by atoms with Crippen LogP contribution in [0.5, 0.6) is 5.75 Å². The van der Waals surface area contributed by atoms with Gasteiger partial charge in [-0.3, -0.25) is 9.59 Å². The van der Waals surface area contributed by atoms with Crippen LogP contribution in [-0.4, -0.2) is 16.9 Å². The second kappa shape index (κ2) is 5.80. The van der Waals surface area contributed by atoms with E-state index in [0.29, 0.717) is 0 Å². The van der Waals surface area contributed by atoms with Crippen LogP contribution in [0.3, 0.4) is 0 Å². The first-order valence-corrected chi connectivity index (χ1v) is 7.34. The molecule has 1 saturated carbocycles. The van der Waals surface area contributed by atoms with Crippen LogP contribution in [0.15, 0.2) is 30.3 Å². The molecule has 1 aliphatic carbocycles. The van der Waals surface area contributed by atoms with E-state index in [2.05, 4.69) is 5.32 Å². The summed E-state index contributed by atoms with van der Waals surface area (Å²) < 4.78 is 41.0. The van der Waals surface area contributed by atoms with E-state index < -0.39 is 40.4 Å². The Hall–Kier alpha value is -3.03. The van der Waals surface area contributed by atoms with Gasteiger partial charge >= 0.3 is 0 Å². The summed E-state index contributed by atoms with van der Waals surface area (Å²) in [6.07, 6.45) is 0.546. The molecule has 2 amide bonds. The number of hydrogen-bond acceptors (Lipinski definition) is 3. The van der Waals surface area contributed by atoms with Crippen molar-refractivity contribution in [2.45, 2.75) is 12.8 Å². The zero-order valence-corrected chi connectivity index (χ0v) is 12.8. The lowest BCUT2D eigenvalue weighted by molar-refractivity contribution is -0.132. The quantitative estimate of drug-likeness (QED) is 0.585. The minimum absolute atomic E-state index is 0.0912. The third kappa shape index (κ3) is 2.79. The second-order valence-corrected chi connectivity index (χ2v) is 5.85. The Balaban J connectivity index is 2.06. The number of phenolic OH excluding ortho intramolecular Hbond substituents is 1. The van der Waals surface area contributed by atoms with E-state index in [1.165, 1.54) is 6.07 Å². The molecule has 0 saturated heterocycles. The highest BCUT2D eigenvalue weighted by Crippen LogP contribution is 2.47. The lowest BCUT2D eigenvalue weighted by Gasteiger charge is -2.16. The van der Waals surface area contributed by atoms with Gasteiger partial charge in [-0.2, -0.15) is 0 Å². The predicted molar refractivity (Wildman–Crippen MR) is 82.9 cm³/mol. The zero-order chi connectivity index (χ0) is 18.4. The van der Waals surface area contributed by atoms with Crippen molar-refractivity contribution in [1.82, 2.24) is 0 Å². The average molecular weight is 350 g/mol. The van der Waals surface area contributed by atoms with Crippen LogP contribution in [0.1, 0.15) is 12.8 Å². The molecule has 0 unspecified atom stereocenters. The van der Waals surface area contributed by atoms with Crippen molar-refractivity contribution in [2.24, 2.45) is 11.1 Å². The van der Waals surface area contributed by atoms with Crippen molar-refractivity contribution in [1.29, 1.82) is 0 Å². The summed E-state index contributed by atoms with van der Waals surface area (Å²) in [6.45, 7) is 0. The Kier molecular flexibility index (Phi) is 3.90. The van der Waals surface area contributed by atoms with E-state index >= 15 is 0 Å². The number of carbonyl (C=O) groups is 2. The maximum atomic E-state index is 14.4. The maximum Gasteiger partial charge on any atom is 0.240 e. The number of primary amides is 1. The van der Waals surface area contributed by atoms with Gasteiger partial charge in [0.2, 0.25) is 11.8 Å². The number of anilines is 1. The van der Waals surface area contributed by atoms with Gasteiger partial charge in [-0.15, -0.1) is 0 Å². The summed E-state index contributed by atoms with van der Waals surface area (Å²) in [5.74, 6) is -5.69. The lowest BCUT2D eigenvalue weighted by atomic mass is 10.0. The first kappa shape index (κ1) is 16.8. The van der Waals surface area contributed by atoms with Crippen LogP contribution in [0, 0.1) is 22.9 Å². The first-order valence-electron chi connectivity index (χ1n) is 7.34. The van der Waals surface area contributed by atoms with E-state index in [1.807, 2.05) is 0 Å². The smallest absolute Gasteiger partial charge is 0.240 e. The molecule has 130 valence electrons. The summed E-state index contributed by atoms with van der Waals surface area (Å²) >= 11 is 0. The Morgan fingerprint density at radius 3 is 2.32 bits per heavy atom. The Labute approximate surface area is 140 Å². The molecule has 0 aliphatic heterocycles. The molecule has 0 bridgehead atoms. The minimum atomic E-state index is -1.35. The molecule has 0 atom stereocenters. The fraction of sp³-hybridized carbons (Fsp3) is 0.176. The number of phenols is 1. The van der Waals surface area contributed by atoms with Gasteiger partial charge in [-0.25, -0.2) is 13.2 Å². The van der Waals surface area contributed by atoms with Crippen LogP contribution in [-0.2, 0) is 9.59 Å². The van der Waals surface area contributed by atoms with Gasteiger partial charge in [0.25, 0.3) is 0 Å².